The van der Waals surface area contributed by atoms with E-state index in [-0.39, 0.29) is 6.04 Å². The maximum Gasteiger partial charge on any atom is 0.179 e. The average molecular weight is 392 g/mol. The number of fused-ring (bicyclic) bond motifs is 1. The second-order valence-corrected chi connectivity index (χ2v) is 6.58. The van der Waals surface area contributed by atoms with E-state index in [0.717, 1.165) is 35.6 Å². The van der Waals surface area contributed by atoms with Crippen molar-refractivity contribution in [2.45, 2.75) is 26.3 Å². The average Bonchev–Trinajstić information content (AvgIpc) is 2.68. The Morgan fingerprint density at radius 1 is 0.963 bits per heavy atom. The fraction of sp³-hybridized carbons (Fsp3) is 0.429. The van der Waals surface area contributed by atoms with Gasteiger partial charge in [0.2, 0.25) is 0 Å². The van der Waals surface area contributed by atoms with Crippen LogP contribution < -0.4 is 24.3 Å². The van der Waals surface area contributed by atoms with Gasteiger partial charge >= 0.3 is 0 Å². The Balaban J connectivity index is 2.10. The fourth-order valence-electron chi connectivity index (χ4n) is 3.51. The highest BCUT2D eigenvalue weighted by Gasteiger charge is 2.27. The van der Waals surface area contributed by atoms with Crippen LogP contribution in [0.3, 0.4) is 0 Å². The molecule has 2 aromatic carbocycles. The molecule has 0 fully saturated rings. The number of benzene rings is 2. The van der Waals surface area contributed by atoms with Crippen molar-refractivity contribution in [3.8, 4) is 23.0 Å². The van der Waals surface area contributed by atoms with Gasteiger partial charge in [0.1, 0.15) is 0 Å². The van der Waals surface area contributed by atoms with E-state index in [9.17, 15) is 0 Å². The van der Waals surface area contributed by atoms with Crippen LogP contribution in [0.15, 0.2) is 24.3 Å². The summed E-state index contributed by atoms with van der Waals surface area (Å²) in [6, 6.07) is 7.96. The SMILES string of the molecule is CCOc1cc2c(cc1OCC)[C@H](c1ccc(OC)c(OC)c1Cl)NCC2. The van der Waals surface area contributed by atoms with Gasteiger partial charge in [0.15, 0.2) is 23.0 Å². The Morgan fingerprint density at radius 3 is 2.30 bits per heavy atom. The van der Waals surface area contributed by atoms with Crippen LogP contribution in [0.25, 0.3) is 0 Å². The third-order valence-corrected chi connectivity index (χ3v) is 5.07. The zero-order chi connectivity index (χ0) is 19.4. The summed E-state index contributed by atoms with van der Waals surface area (Å²) >= 11 is 6.67. The molecule has 5 nitrogen and oxygen atoms in total. The van der Waals surface area contributed by atoms with Crippen molar-refractivity contribution in [3.63, 3.8) is 0 Å². The summed E-state index contributed by atoms with van der Waals surface area (Å²) in [5.74, 6) is 2.70. The smallest absolute Gasteiger partial charge is 0.179 e. The van der Waals surface area contributed by atoms with Gasteiger partial charge in [-0.1, -0.05) is 17.7 Å². The van der Waals surface area contributed by atoms with Crippen molar-refractivity contribution >= 4 is 11.6 Å². The molecule has 2 aromatic rings. The number of ether oxygens (including phenoxy) is 4. The van der Waals surface area contributed by atoms with Crippen LogP contribution in [0.2, 0.25) is 5.02 Å². The molecule has 0 saturated carbocycles. The van der Waals surface area contributed by atoms with Crippen molar-refractivity contribution in [3.05, 3.63) is 46.0 Å². The van der Waals surface area contributed by atoms with Gasteiger partial charge in [0, 0.05) is 6.54 Å². The molecule has 0 saturated heterocycles. The lowest BCUT2D eigenvalue weighted by atomic mass is 9.89. The number of hydrogen-bond donors (Lipinski definition) is 1. The molecule has 1 heterocycles. The van der Waals surface area contributed by atoms with E-state index in [0.29, 0.717) is 29.7 Å². The van der Waals surface area contributed by atoms with Crippen molar-refractivity contribution in [1.29, 1.82) is 0 Å². The highest BCUT2D eigenvalue weighted by molar-refractivity contribution is 6.33. The lowest BCUT2D eigenvalue weighted by Crippen LogP contribution is -2.31. The molecule has 3 rings (SSSR count). The first kappa shape index (κ1) is 19.6. The Morgan fingerprint density at radius 2 is 1.67 bits per heavy atom. The first-order chi connectivity index (χ1) is 13.1. The molecule has 0 bridgehead atoms. The maximum atomic E-state index is 6.67. The third-order valence-electron chi connectivity index (χ3n) is 4.68. The Hall–Kier alpha value is -2.11. The lowest BCUT2D eigenvalue weighted by Gasteiger charge is -2.30. The molecular weight excluding hydrogens is 366 g/mol. The maximum absolute atomic E-state index is 6.67. The van der Waals surface area contributed by atoms with Gasteiger partial charge in [0.25, 0.3) is 0 Å². The van der Waals surface area contributed by atoms with Gasteiger partial charge < -0.3 is 24.3 Å². The minimum absolute atomic E-state index is 0.0593. The van der Waals surface area contributed by atoms with Crippen LogP contribution in [-0.2, 0) is 6.42 Å². The molecule has 146 valence electrons. The molecule has 27 heavy (non-hydrogen) atoms. The molecule has 0 aliphatic carbocycles. The summed E-state index contributed by atoms with van der Waals surface area (Å²) in [5.41, 5.74) is 3.32. The molecule has 0 radical (unpaired) electrons. The van der Waals surface area contributed by atoms with E-state index < -0.39 is 0 Å². The largest absolute Gasteiger partial charge is 0.493 e. The van der Waals surface area contributed by atoms with Crippen molar-refractivity contribution in [2.24, 2.45) is 0 Å². The first-order valence-corrected chi connectivity index (χ1v) is 9.58. The number of methoxy groups -OCH3 is 2. The Labute approximate surface area is 165 Å². The van der Waals surface area contributed by atoms with Gasteiger partial charge in [-0.3, -0.25) is 0 Å². The molecule has 0 unspecified atom stereocenters. The lowest BCUT2D eigenvalue weighted by molar-refractivity contribution is 0.286. The first-order valence-electron chi connectivity index (χ1n) is 9.20. The van der Waals surface area contributed by atoms with E-state index in [2.05, 4.69) is 17.4 Å². The summed E-state index contributed by atoms with van der Waals surface area (Å²) in [5, 5.41) is 4.11. The van der Waals surface area contributed by atoms with Gasteiger partial charge in [0.05, 0.1) is 38.5 Å². The van der Waals surface area contributed by atoms with Crippen molar-refractivity contribution in [1.82, 2.24) is 5.32 Å². The topological polar surface area (TPSA) is 49.0 Å². The minimum Gasteiger partial charge on any atom is -0.493 e. The van der Waals surface area contributed by atoms with Crippen LogP contribution >= 0.6 is 11.6 Å². The summed E-state index contributed by atoms with van der Waals surface area (Å²) < 4.78 is 22.4. The van der Waals surface area contributed by atoms with Gasteiger partial charge in [-0.05, 0) is 55.2 Å². The van der Waals surface area contributed by atoms with E-state index >= 15 is 0 Å². The summed E-state index contributed by atoms with van der Waals surface area (Å²) in [6.45, 7) is 5.97. The number of halogens is 1. The van der Waals surface area contributed by atoms with Gasteiger partial charge in [-0.15, -0.1) is 0 Å². The summed E-state index contributed by atoms with van der Waals surface area (Å²) in [7, 11) is 3.20. The summed E-state index contributed by atoms with van der Waals surface area (Å²) in [4.78, 5) is 0. The molecule has 1 N–H and O–H groups in total. The van der Waals surface area contributed by atoms with Gasteiger partial charge in [-0.2, -0.15) is 0 Å². The van der Waals surface area contributed by atoms with Crippen LogP contribution in [0.1, 0.15) is 36.6 Å². The van der Waals surface area contributed by atoms with Crippen LogP contribution in [0, 0.1) is 0 Å². The standard InChI is InChI=1S/C21H26ClNO4/c1-5-26-17-11-13-9-10-23-20(15(13)12-18(17)27-6-2)14-7-8-16(24-3)21(25-4)19(14)22/h7-8,11-12,20,23H,5-6,9-10H2,1-4H3/t20-/m0/s1. The molecular formula is C21H26ClNO4. The van der Waals surface area contributed by atoms with Crippen LogP contribution in [0.4, 0.5) is 0 Å². The molecule has 6 heteroatoms. The zero-order valence-corrected chi connectivity index (χ0v) is 17.0. The molecule has 1 aliphatic heterocycles. The predicted octanol–water partition coefficient (Wildman–Crippen LogP) is 4.39. The quantitative estimate of drug-likeness (QED) is 0.758. The number of hydrogen-bond acceptors (Lipinski definition) is 5. The van der Waals surface area contributed by atoms with Crippen LogP contribution in [-0.4, -0.2) is 34.0 Å². The Bertz CT molecular complexity index is 809. The highest BCUT2D eigenvalue weighted by Crippen LogP contribution is 2.44. The summed E-state index contributed by atoms with van der Waals surface area (Å²) in [6.07, 6.45) is 0.920. The minimum atomic E-state index is -0.0593. The van der Waals surface area contributed by atoms with E-state index in [1.807, 2.05) is 26.0 Å². The molecule has 0 spiro atoms. The normalized spacial score (nSPS) is 15.8. The predicted molar refractivity (Wildman–Crippen MR) is 107 cm³/mol. The second kappa shape index (κ2) is 8.72. The van der Waals surface area contributed by atoms with Crippen LogP contribution in [0.5, 0.6) is 23.0 Å². The number of nitrogens with one attached hydrogen (secondary N) is 1. The van der Waals surface area contributed by atoms with E-state index in [4.69, 9.17) is 30.5 Å². The zero-order valence-electron chi connectivity index (χ0n) is 16.2. The van der Waals surface area contributed by atoms with E-state index in [1.54, 1.807) is 14.2 Å². The third kappa shape index (κ3) is 3.80. The second-order valence-electron chi connectivity index (χ2n) is 6.21. The molecule has 1 atom stereocenters. The molecule has 0 aromatic heterocycles. The Kier molecular flexibility index (Phi) is 6.34. The monoisotopic (exact) mass is 391 g/mol. The fourth-order valence-corrected chi connectivity index (χ4v) is 3.85. The van der Waals surface area contributed by atoms with Crippen molar-refractivity contribution in [2.75, 3.05) is 34.0 Å². The molecule has 0 amide bonds. The highest BCUT2D eigenvalue weighted by atomic mass is 35.5. The number of rotatable bonds is 7. The van der Waals surface area contributed by atoms with E-state index in [1.165, 1.54) is 5.56 Å². The van der Waals surface area contributed by atoms with Gasteiger partial charge in [-0.25, -0.2) is 0 Å². The molecule has 1 aliphatic rings. The van der Waals surface area contributed by atoms with Crippen molar-refractivity contribution < 1.29 is 18.9 Å².